The lowest BCUT2D eigenvalue weighted by molar-refractivity contribution is -0.136. The summed E-state index contributed by atoms with van der Waals surface area (Å²) >= 11 is 0. The molecule has 0 aromatic carbocycles. The molecular weight excluding hydrogens is 230 g/mol. The Kier molecular flexibility index (Phi) is 5.59. The van der Waals surface area contributed by atoms with E-state index < -0.39 is 11.5 Å². The summed E-state index contributed by atoms with van der Waals surface area (Å²) in [6, 6.07) is -0.497. The molecule has 1 unspecified atom stereocenters. The Morgan fingerprint density at radius 2 is 1.89 bits per heavy atom. The monoisotopic (exact) mass is 255 g/mol. The second-order valence-corrected chi connectivity index (χ2v) is 5.13. The van der Waals surface area contributed by atoms with E-state index in [0.29, 0.717) is 13.1 Å². The van der Waals surface area contributed by atoms with E-state index in [1.807, 2.05) is 6.92 Å². The Bertz CT molecular complexity index is 299. The number of hydrogen-bond acceptors (Lipinski definition) is 3. The van der Waals surface area contributed by atoms with Crippen molar-refractivity contribution in [2.45, 2.75) is 52.0 Å². The van der Waals surface area contributed by atoms with E-state index in [0.717, 1.165) is 25.7 Å². The maximum absolute atomic E-state index is 12.3. The smallest absolute Gasteiger partial charge is 0.242 e. The second kappa shape index (κ2) is 6.73. The van der Waals surface area contributed by atoms with Crippen molar-refractivity contribution in [3.05, 3.63) is 0 Å². The van der Waals surface area contributed by atoms with Gasteiger partial charge in [0.05, 0.1) is 5.41 Å². The van der Waals surface area contributed by atoms with E-state index in [9.17, 15) is 9.59 Å². The van der Waals surface area contributed by atoms with Crippen molar-refractivity contribution in [2.24, 2.45) is 11.1 Å². The minimum Gasteiger partial charge on any atom is -0.355 e. The van der Waals surface area contributed by atoms with Crippen molar-refractivity contribution < 1.29 is 9.59 Å². The van der Waals surface area contributed by atoms with Crippen molar-refractivity contribution in [3.63, 3.8) is 0 Å². The van der Waals surface area contributed by atoms with E-state index in [1.165, 1.54) is 6.42 Å². The number of carbonyl (C=O) groups is 2. The highest BCUT2D eigenvalue weighted by molar-refractivity contribution is 5.90. The zero-order chi connectivity index (χ0) is 13.6. The lowest BCUT2D eigenvalue weighted by atomic mass is 9.73. The van der Waals surface area contributed by atoms with Crippen LogP contribution in [0.25, 0.3) is 0 Å². The quantitative estimate of drug-likeness (QED) is 0.670. The van der Waals surface area contributed by atoms with Gasteiger partial charge >= 0.3 is 0 Å². The number of likely N-dealkylation sites (N-methyl/N-ethyl adjacent to an activating group) is 1. The molecule has 104 valence electrons. The Labute approximate surface area is 109 Å². The highest BCUT2D eigenvalue weighted by atomic mass is 16.2. The van der Waals surface area contributed by atoms with Crippen LogP contribution in [-0.2, 0) is 9.59 Å². The third kappa shape index (κ3) is 3.45. The summed E-state index contributed by atoms with van der Waals surface area (Å²) < 4.78 is 0. The highest BCUT2D eigenvalue weighted by Crippen LogP contribution is 2.35. The Balaban J connectivity index is 2.59. The molecule has 5 nitrogen and oxygen atoms in total. The summed E-state index contributed by atoms with van der Waals surface area (Å²) in [5, 5.41) is 5.49. The molecule has 1 fully saturated rings. The SMILES string of the molecule is CCNC(=O)C(C)NC(=O)C1(CN)CCCCC1. The molecule has 4 N–H and O–H groups in total. The number of rotatable bonds is 5. The highest BCUT2D eigenvalue weighted by Gasteiger charge is 2.39. The van der Waals surface area contributed by atoms with Gasteiger partial charge in [-0.25, -0.2) is 0 Å². The standard InChI is InChI=1S/C13H25N3O2/c1-3-15-11(17)10(2)16-12(18)13(9-14)7-5-4-6-8-13/h10H,3-9,14H2,1-2H3,(H,15,17)(H,16,18). The van der Waals surface area contributed by atoms with Gasteiger partial charge < -0.3 is 16.4 Å². The molecular formula is C13H25N3O2. The molecule has 0 radical (unpaired) electrons. The number of hydrogen-bond donors (Lipinski definition) is 3. The Hall–Kier alpha value is -1.10. The molecule has 0 aliphatic heterocycles. The molecule has 0 bridgehead atoms. The van der Waals surface area contributed by atoms with E-state index >= 15 is 0 Å². The van der Waals surface area contributed by atoms with Gasteiger partial charge in [0, 0.05) is 13.1 Å². The van der Waals surface area contributed by atoms with Crippen LogP contribution in [0.4, 0.5) is 0 Å². The van der Waals surface area contributed by atoms with Gasteiger partial charge in [0.2, 0.25) is 11.8 Å². The molecule has 1 rings (SSSR count). The van der Waals surface area contributed by atoms with Crippen LogP contribution in [0.5, 0.6) is 0 Å². The Morgan fingerprint density at radius 3 is 2.39 bits per heavy atom. The van der Waals surface area contributed by atoms with Crippen molar-refractivity contribution >= 4 is 11.8 Å². The third-order valence-electron chi connectivity index (χ3n) is 3.77. The van der Waals surface area contributed by atoms with Gasteiger partial charge in [0.15, 0.2) is 0 Å². The molecule has 0 aromatic rings. The first-order chi connectivity index (χ1) is 8.55. The first-order valence-corrected chi connectivity index (χ1v) is 6.84. The number of nitrogens with one attached hydrogen (secondary N) is 2. The van der Waals surface area contributed by atoms with Crippen LogP contribution in [0, 0.1) is 5.41 Å². The molecule has 1 aliphatic rings. The first kappa shape index (κ1) is 15.0. The first-order valence-electron chi connectivity index (χ1n) is 6.84. The fraction of sp³-hybridized carbons (Fsp3) is 0.846. The van der Waals surface area contributed by atoms with Crippen molar-refractivity contribution in [1.29, 1.82) is 0 Å². The lowest BCUT2D eigenvalue weighted by Gasteiger charge is -2.35. The van der Waals surface area contributed by atoms with E-state index in [1.54, 1.807) is 6.92 Å². The number of amides is 2. The maximum atomic E-state index is 12.3. The lowest BCUT2D eigenvalue weighted by Crippen LogP contribution is -2.53. The summed E-state index contributed by atoms with van der Waals surface area (Å²) in [6.07, 6.45) is 4.91. The van der Waals surface area contributed by atoms with Crippen LogP contribution < -0.4 is 16.4 Å². The minimum absolute atomic E-state index is 0.0662. The molecule has 1 atom stereocenters. The Morgan fingerprint density at radius 1 is 1.28 bits per heavy atom. The summed E-state index contributed by atoms with van der Waals surface area (Å²) in [6.45, 7) is 4.49. The van der Waals surface area contributed by atoms with Crippen LogP contribution in [0.15, 0.2) is 0 Å². The second-order valence-electron chi connectivity index (χ2n) is 5.13. The largest absolute Gasteiger partial charge is 0.355 e. The average molecular weight is 255 g/mol. The van der Waals surface area contributed by atoms with Crippen LogP contribution in [0.1, 0.15) is 46.0 Å². The number of carbonyl (C=O) groups excluding carboxylic acids is 2. The average Bonchev–Trinajstić information content (AvgIpc) is 2.39. The van der Waals surface area contributed by atoms with Crippen molar-refractivity contribution in [2.75, 3.05) is 13.1 Å². The third-order valence-corrected chi connectivity index (χ3v) is 3.77. The van der Waals surface area contributed by atoms with Gasteiger partial charge in [-0.15, -0.1) is 0 Å². The fourth-order valence-electron chi connectivity index (χ4n) is 2.50. The number of nitrogens with two attached hydrogens (primary N) is 1. The zero-order valence-corrected chi connectivity index (χ0v) is 11.4. The van der Waals surface area contributed by atoms with E-state index in [2.05, 4.69) is 10.6 Å². The maximum Gasteiger partial charge on any atom is 0.242 e. The fourth-order valence-corrected chi connectivity index (χ4v) is 2.50. The van der Waals surface area contributed by atoms with Crippen LogP contribution in [0.2, 0.25) is 0 Å². The summed E-state index contributed by atoms with van der Waals surface area (Å²) in [5.41, 5.74) is 5.33. The van der Waals surface area contributed by atoms with E-state index in [-0.39, 0.29) is 11.8 Å². The molecule has 18 heavy (non-hydrogen) atoms. The predicted octanol–water partition coefficient (Wildman–Crippen LogP) is 0.536. The normalized spacial score (nSPS) is 19.9. The molecule has 2 amide bonds. The van der Waals surface area contributed by atoms with Crippen LogP contribution in [-0.4, -0.2) is 30.9 Å². The summed E-state index contributed by atoms with van der Waals surface area (Å²) in [7, 11) is 0. The van der Waals surface area contributed by atoms with Gasteiger partial charge in [0.25, 0.3) is 0 Å². The molecule has 0 spiro atoms. The molecule has 1 aliphatic carbocycles. The van der Waals surface area contributed by atoms with Gasteiger partial charge in [-0.2, -0.15) is 0 Å². The molecule has 1 saturated carbocycles. The van der Waals surface area contributed by atoms with Gasteiger partial charge in [-0.05, 0) is 26.7 Å². The van der Waals surface area contributed by atoms with E-state index in [4.69, 9.17) is 5.73 Å². The summed E-state index contributed by atoms with van der Waals surface area (Å²) in [4.78, 5) is 23.9. The predicted molar refractivity (Wildman–Crippen MR) is 70.9 cm³/mol. The van der Waals surface area contributed by atoms with Gasteiger partial charge in [0.1, 0.15) is 6.04 Å². The van der Waals surface area contributed by atoms with Crippen molar-refractivity contribution in [3.8, 4) is 0 Å². The van der Waals surface area contributed by atoms with Crippen LogP contribution in [0.3, 0.4) is 0 Å². The topological polar surface area (TPSA) is 84.2 Å². The molecule has 5 heteroatoms. The molecule has 0 heterocycles. The van der Waals surface area contributed by atoms with Gasteiger partial charge in [-0.1, -0.05) is 19.3 Å². The zero-order valence-electron chi connectivity index (χ0n) is 11.4. The van der Waals surface area contributed by atoms with Gasteiger partial charge in [-0.3, -0.25) is 9.59 Å². The summed E-state index contributed by atoms with van der Waals surface area (Å²) in [5.74, 6) is -0.211. The van der Waals surface area contributed by atoms with Crippen molar-refractivity contribution in [1.82, 2.24) is 10.6 Å². The minimum atomic E-state index is -0.497. The van der Waals surface area contributed by atoms with Crippen LogP contribution >= 0.6 is 0 Å². The molecule has 0 aromatic heterocycles. The molecule has 0 saturated heterocycles.